The second kappa shape index (κ2) is 6.24. The molecule has 0 saturated heterocycles. The lowest BCUT2D eigenvalue weighted by Crippen LogP contribution is -2.19. The van der Waals surface area contributed by atoms with Gasteiger partial charge in [-0.3, -0.25) is 4.79 Å². The lowest BCUT2D eigenvalue weighted by molar-refractivity contribution is 0.0949. The maximum absolute atomic E-state index is 12.8. The molecule has 122 valence electrons. The molecule has 0 fully saturated rings. The zero-order valence-corrected chi connectivity index (χ0v) is 12.3. The predicted octanol–water partition coefficient (Wildman–Crippen LogP) is 0.444. The van der Waals surface area contributed by atoms with E-state index in [-0.39, 0.29) is 23.1 Å². The molecule has 0 unspecified atom stereocenters. The molecule has 0 aliphatic heterocycles. The van der Waals surface area contributed by atoms with Crippen LogP contribution in [0.4, 0.5) is 10.2 Å². The van der Waals surface area contributed by atoms with Crippen LogP contribution >= 0.6 is 0 Å². The zero-order chi connectivity index (χ0) is 17.1. The van der Waals surface area contributed by atoms with Crippen molar-refractivity contribution in [2.75, 3.05) is 5.73 Å². The predicted molar refractivity (Wildman–Crippen MR) is 79.8 cm³/mol. The summed E-state index contributed by atoms with van der Waals surface area (Å²) in [7, 11) is 0. The van der Waals surface area contributed by atoms with Crippen LogP contribution < -0.4 is 11.2 Å². The molecule has 0 spiro atoms. The molecule has 10 nitrogen and oxygen atoms in total. The number of hydrogen-bond donors (Lipinski definition) is 2. The zero-order valence-electron chi connectivity index (χ0n) is 12.3. The number of nitrogens with two attached hydrogens (primary N) is 1. The van der Waals surface area contributed by atoms with Crippen molar-refractivity contribution in [2.45, 2.75) is 6.92 Å². The Kier molecular flexibility index (Phi) is 3.97. The molecule has 0 bridgehead atoms. The molecule has 0 atom stereocenters. The second-order valence-corrected chi connectivity index (χ2v) is 4.66. The molecule has 24 heavy (non-hydrogen) atoms. The van der Waals surface area contributed by atoms with E-state index in [0.29, 0.717) is 11.3 Å². The van der Waals surface area contributed by atoms with Gasteiger partial charge in [-0.15, -0.1) is 5.10 Å². The van der Waals surface area contributed by atoms with E-state index < -0.39 is 5.91 Å². The number of carbonyl (C=O) groups excluding carboxylic acids is 1. The van der Waals surface area contributed by atoms with Crippen molar-refractivity contribution in [1.29, 1.82) is 0 Å². The van der Waals surface area contributed by atoms with Gasteiger partial charge in [0.1, 0.15) is 5.82 Å². The summed E-state index contributed by atoms with van der Waals surface area (Å²) in [6, 6.07) is 5.62. The van der Waals surface area contributed by atoms with Gasteiger partial charge in [0, 0.05) is 0 Å². The van der Waals surface area contributed by atoms with Crippen LogP contribution in [0.25, 0.3) is 5.82 Å². The summed E-state index contributed by atoms with van der Waals surface area (Å²) in [5.41, 5.74) is 8.92. The summed E-state index contributed by atoms with van der Waals surface area (Å²) in [5.74, 6) is -0.782. The number of nitrogens with zero attached hydrogens (tertiary/aromatic N) is 6. The van der Waals surface area contributed by atoms with Crippen molar-refractivity contribution in [3.05, 3.63) is 47.0 Å². The normalized spacial score (nSPS) is 11.1. The summed E-state index contributed by atoms with van der Waals surface area (Å²) in [4.78, 5) is 12.1. The van der Waals surface area contributed by atoms with E-state index in [1.165, 1.54) is 35.2 Å². The SMILES string of the molecule is Cc1c(C(=O)NN=Cc2ccc(F)cc2)nnn1-c1nonc1N. The summed E-state index contributed by atoms with van der Waals surface area (Å²) in [6.45, 7) is 1.60. The molecule has 3 rings (SSSR count). The molecule has 11 heteroatoms. The Balaban J connectivity index is 1.73. The molecule has 0 saturated carbocycles. The molecule has 0 aliphatic carbocycles. The van der Waals surface area contributed by atoms with E-state index in [0.717, 1.165) is 0 Å². The van der Waals surface area contributed by atoms with E-state index >= 15 is 0 Å². The molecule has 1 amide bonds. The van der Waals surface area contributed by atoms with Gasteiger partial charge in [-0.2, -0.15) is 9.78 Å². The third kappa shape index (κ3) is 2.95. The Morgan fingerprint density at radius 2 is 2.12 bits per heavy atom. The van der Waals surface area contributed by atoms with Crippen molar-refractivity contribution in [2.24, 2.45) is 5.10 Å². The summed E-state index contributed by atoms with van der Waals surface area (Å²) < 4.78 is 18.5. The van der Waals surface area contributed by atoms with Crippen LogP contribution in [-0.2, 0) is 0 Å². The van der Waals surface area contributed by atoms with Crippen molar-refractivity contribution >= 4 is 17.9 Å². The number of nitrogens with one attached hydrogen (secondary N) is 1. The van der Waals surface area contributed by atoms with Crippen molar-refractivity contribution in [1.82, 2.24) is 30.7 Å². The molecule has 2 heterocycles. The van der Waals surface area contributed by atoms with E-state index in [1.807, 2.05) is 0 Å². The van der Waals surface area contributed by atoms with E-state index in [1.54, 1.807) is 6.92 Å². The first kappa shape index (κ1) is 15.3. The Morgan fingerprint density at radius 3 is 2.79 bits per heavy atom. The van der Waals surface area contributed by atoms with Gasteiger partial charge in [0.05, 0.1) is 11.9 Å². The van der Waals surface area contributed by atoms with Gasteiger partial charge in [-0.1, -0.05) is 17.3 Å². The van der Waals surface area contributed by atoms with Crippen LogP contribution in [0.15, 0.2) is 34.0 Å². The number of benzene rings is 1. The smallest absolute Gasteiger partial charge is 0.293 e. The fraction of sp³-hybridized carbons (Fsp3) is 0.0769. The lowest BCUT2D eigenvalue weighted by atomic mass is 10.2. The van der Waals surface area contributed by atoms with Gasteiger partial charge >= 0.3 is 0 Å². The van der Waals surface area contributed by atoms with Gasteiger partial charge in [-0.05, 0) is 34.9 Å². The molecule has 3 aromatic rings. The monoisotopic (exact) mass is 330 g/mol. The maximum Gasteiger partial charge on any atom is 0.293 e. The number of rotatable bonds is 4. The largest absolute Gasteiger partial charge is 0.378 e. The van der Waals surface area contributed by atoms with Crippen LogP contribution in [0.5, 0.6) is 0 Å². The number of aromatic nitrogens is 5. The van der Waals surface area contributed by atoms with Gasteiger partial charge in [0.2, 0.25) is 11.6 Å². The third-order valence-corrected chi connectivity index (χ3v) is 3.06. The highest BCUT2D eigenvalue weighted by Gasteiger charge is 2.20. The van der Waals surface area contributed by atoms with Crippen molar-refractivity contribution in [3.63, 3.8) is 0 Å². The Labute approximate surface area is 134 Å². The minimum Gasteiger partial charge on any atom is -0.378 e. The van der Waals surface area contributed by atoms with E-state index in [9.17, 15) is 9.18 Å². The van der Waals surface area contributed by atoms with Crippen LogP contribution in [0.2, 0.25) is 0 Å². The average Bonchev–Trinajstić information content (AvgIpc) is 3.14. The molecule has 0 aliphatic rings. The van der Waals surface area contributed by atoms with E-state index in [4.69, 9.17) is 5.73 Å². The number of hydrogen-bond acceptors (Lipinski definition) is 8. The number of nitrogen functional groups attached to an aromatic ring is 1. The average molecular weight is 330 g/mol. The minimum absolute atomic E-state index is 0.0179. The summed E-state index contributed by atoms with van der Waals surface area (Å²) >= 11 is 0. The third-order valence-electron chi connectivity index (χ3n) is 3.06. The van der Waals surface area contributed by atoms with Crippen LogP contribution in [0.3, 0.4) is 0 Å². The van der Waals surface area contributed by atoms with Gasteiger partial charge in [-0.25, -0.2) is 14.4 Å². The quantitative estimate of drug-likeness (QED) is 0.523. The highest BCUT2D eigenvalue weighted by atomic mass is 19.1. The number of halogens is 1. The first-order chi connectivity index (χ1) is 11.6. The van der Waals surface area contributed by atoms with Gasteiger partial charge in [0.25, 0.3) is 5.91 Å². The van der Waals surface area contributed by atoms with E-state index in [2.05, 4.69) is 35.8 Å². The lowest BCUT2D eigenvalue weighted by Gasteiger charge is -1.99. The van der Waals surface area contributed by atoms with Crippen LogP contribution in [0, 0.1) is 12.7 Å². The molecule has 1 aromatic carbocycles. The van der Waals surface area contributed by atoms with Crippen molar-refractivity contribution in [3.8, 4) is 5.82 Å². The van der Waals surface area contributed by atoms with Crippen LogP contribution in [-0.4, -0.2) is 37.4 Å². The Morgan fingerprint density at radius 1 is 1.38 bits per heavy atom. The Hall–Kier alpha value is -3.63. The molecule has 3 N–H and O–H groups in total. The fourth-order valence-corrected chi connectivity index (χ4v) is 1.85. The van der Waals surface area contributed by atoms with Crippen molar-refractivity contribution < 1.29 is 13.8 Å². The first-order valence-corrected chi connectivity index (χ1v) is 6.66. The molecule has 0 radical (unpaired) electrons. The highest BCUT2D eigenvalue weighted by Crippen LogP contribution is 2.14. The number of anilines is 1. The highest BCUT2D eigenvalue weighted by molar-refractivity contribution is 5.94. The van der Waals surface area contributed by atoms with Crippen LogP contribution in [0.1, 0.15) is 21.7 Å². The van der Waals surface area contributed by atoms with Gasteiger partial charge < -0.3 is 5.73 Å². The molecular formula is C13H11FN8O2. The fourth-order valence-electron chi connectivity index (χ4n) is 1.85. The standard InChI is InChI=1S/C13H11FN8O2/c1-7-10(17-21-22(7)12-11(15)19-24-20-12)13(23)18-16-6-8-2-4-9(14)5-3-8/h2-6H,1H3,(H2,15,19)(H,18,23). The summed E-state index contributed by atoms with van der Waals surface area (Å²) in [6.07, 6.45) is 1.37. The topological polar surface area (TPSA) is 137 Å². The Bertz CT molecular complexity index is 899. The van der Waals surface area contributed by atoms with Gasteiger partial charge in [0.15, 0.2) is 5.69 Å². The maximum atomic E-state index is 12.8. The molecule has 2 aromatic heterocycles. The number of amides is 1. The minimum atomic E-state index is -0.577. The first-order valence-electron chi connectivity index (χ1n) is 6.66. The summed E-state index contributed by atoms with van der Waals surface area (Å²) in [5, 5.41) is 18.3. The second-order valence-electron chi connectivity index (χ2n) is 4.66. The number of hydrazone groups is 1. The number of carbonyl (C=O) groups is 1. The molecular weight excluding hydrogens is 319 g/mol.